The summed E-state index contributed by atoms with van der Waals surface area (Å²) in [4.78, 5) is 33.7. The third-order valence-electron chi connectivity index (χ3n) is 1.52. The predicted octanol–water partition coefficient (Wildman–Crippen LogP) is -0.522. The molecule has 0 saturated carbocycles. The number of nitrogens with zero attached hydrogens (tertiary/aromatic N) is 1. The van der Waals surface area contributed by atoms with Gasteiger partial charge in [0.1, 0.15) is 6.42 Å². The summed E-state index contributed by atoms with van der Waals surface area (Å²) in [5.41, 5.74) is 0. The second-order valence-corrected chi connectivity index (χ2v) is 2.44. The van der Waals surface area contributed by atoms with E-state index in [1.54, 1.807) is 6.92 Å². The van der Waals surface area contributed by atoms with E-state index in [2.05, 4.69) is 11.8 Å². The lowest BCUT2D eigenvalue weighted by molar-refractivity contribution is -0.135. The minimum atomic E-state index is -0.691. The summed E-state index contributed by atoms with van der Waals surface area (Å²) in [6.07, 6.45) is -0.281. The van der Waals surface area contributed by atoms with Crippen molar-refractivity contribution in [3.8, 4) is 11.8 Å². The van der Waals surface area contributed by atoms with Crippen LogP contribution in [0.15, 0.2) is 0 Å². The van der Waals surface area contributed by atoms with E-state index in [0.717, 1.165) is 4.90 Å². The van der Waals surface area contributed by atoms with Crippen LogP contribution in [0.1, 0.15) is 13.3 Å². The monoisotopic (exact) mass is 180 g/mol. The number of carbonyl (C=O) groups is 3. The van der Waals surface area contributed by atoms with E-state index in [0.29, 0.717) is 0 Å². The van der Waals surface area contributed by atoms with Gasteiger partial charge in [0.05, 0.1) is 6.54 Å². The summed E-state index contributed by atoms with van der Waals surface area (Å²) in [6, 6.07) is -0.691. The highest BCUT2D eigenvalue weighted by molar-refractivity contribution is 6.14. The summed E-state index contributed by atoms with van der Waals surface area (Å²) in [5, 5.41) is 2.03. The Morgan fingerprint density at radius 1 is 1.46 bits per heavy atom. The number of hydrogen-bond donors (Lipinski definition) is 1. The van der Waals surface area contributed by atoms with Crippen molar-refractivity contribution in [1.82, 2.24) is 10.2 Å². The average molecular weight is 180 g/mol. The van der Waals surface area contributed by atoms with Gasteiger partial charge in [0, 0.05) is 0 Å². The van der Waals surface area contributed by atoms with Gasteiger partial charge in [-0.1, -0.05) is 5.92 Å². The molecule has 0 atom stereocenters. The van der Waals surface area contributed by atoms with E-state index in [1.165, 1.54) is 0 Å². The first kappa shape index (κ1) is 9.26. The molecule has 0 aromatic rings. The van der Waals surface area contributed by atoms with Crippen molar-refractivity contribution in [2.24, 2.45) is 0 Å². The Labute approximate surface area is 75.1 Å². The molecule has 4 amide bonds. The van der Waals surface area contributed by atoms with Gasteiger partial charge in [0.15, 0.2) is 0 Å². The first-order valence-electron chi connectivity index (χ1n) is 3.69. The van der Waals surface area contributed by atoms with Gasteiger partial charge in [-0.05, 0) is 6.92 Å². The molecule has 0 spiro atoms. The lowest BCUT2D eigenvalue weighted by Crippen LogP contribution is -2.52. The quantitative estimate of drug-likeness (QED) is 0.436. The van der Waals surface area contributed by atoms with Gasteiger partial charge in [-0.3, -0.25) is 19.8 Å². The summed E-state index contributed by atoms with van der Waals surface area (Å²) in [7, 11) is 0. The van der Waals surface area contributed by atoms with Crippen LogP contribution >= 0.6 is 0 Å². The first-order chi connectivity index (χ1) is 6.15. The Balaban J connectivity index is 2.71. The zero-order valence-corrected chi connectivity index (χ0v) is 7.09. The van der Waals surface area contributed by atoms with Crippen molar-refractivity contribution in [3.63, 3.8) is 0 Å². The van der Waals surface area contributed by atoms with Gasteiger partial charge >= 0.3 is 6.03 Å². The smallest absolute Gasteiger partial charge is 0.277 e. The van der Waals surface area contributed by atoms with E-state index in [4.69, 9.17) is 0 Å². The molecule has 1 N–H and O–H groups in total. The van der Waals surface area contributed by atoms with Crippen molar-refractivity contribution in [2.75, 3.05) is 6.54 Å². The first-order valence-corrected chi connectivity index (χ1v) is 3.69. The van der Waals surface area contributed by atoms with Crippen LogP contribution in [-0.2, 0) is 9.59 Å². The van der Waals surface area contributed by atoms with Gasteiger partial charge in [0.25, 0.3) is 0 Å². The molecule has 0 unspecified atom stereocenters. The van der Waals surface area contributed by atoms with Crippen LogP contribution in [0, 0.1) is 11.8 Å². The summed E-state index contributed by atoms with van der Waals surface area (Å²) in [6.45, 7) is 1.64. The molecule has 1 rings (SSSR count). The highest BCUT2D eigenvalue weighted by Gasteiger charge is 2.29. The molecule has 1 aliphatic rings. The molecular formula is C8H8N2O3. The number of urea groups is 1. The minimum Gasteiger partial charge on any atom is -0.277 e. The molecule has 1 aliphatic heterocycles. The van der Waals surface area contributed by atoms with Crippen molar-refractivity contribution in [2.45, 2.75) is 13.3 Å². The van der Waals surface area contributed by atoms with E-state index >= 15 is 0 Å². The van der Waals surface area contributed by atoms with E-state index in [1.807, 2.05) is 5.32 Å². The van der Waals surface area contributed by atoms with Crippen molar-refractivity contribution < 1.29 is 14.4 Å². The number of carbonyl (C=O) groups excluding carboxylic acids is 3. The van der Waals surface area contributed by atoms with Crippen LogP contribution in [0.5, 0.6) is 0 Å². The Bertz CT molecular complexity index is 304. The molecule has 0 aromatic heterocycles. The summed E-state index contributed by atoms with van der Waals surface area (Å²) in [5.74, 6) is 4.07. The third kappa shape index (κ3) is 2.06. The van der Waals surface area contributed by atoms with Crippen LogP contribution in [-0.4, -0.2) is 29.3 Å². The van der Waals surface area contributed by atoms with Crippen molar-refractivity contribution in [1.29, 1.82) is 0 Å². The molecule has 0 bridgehead atoms. The highest BCUT2D eigenvalue weighted by atomic mass is 16.2. The van der Waals surface area contributed by atoms with E-state index in [9.17, 15) is 14.4 Å². The fourth-order valence-electron chi connectivity index (χ4n) is 0.895. The number of imide groups is 2. The molecule has 0 radical (unpaired) electrons. The fraction of sp³-hybridized carbons (Fsp3) is 0.375. The molecular weight excluding hydrogens is 172 g/mol. The number of hydrogen-bond acceptors (Lipinski definition) is 3. The Hall–Kier alpha value is -1.83. The maximum atomic E-state index is 11.1. The lowest BCUT2D eigenvalue weighted by Gasteiger charge is -2.22. The van der Waals surface area contributed by atoms with Gasteiger partial charge in [-0.15, -0.1) is 5.92 Å². The van der Waals surface area contributed by atoms with Gasteiger partial charge < -0.3 is 0 Å². The number of rotatable bonds is 1. The molecule has 5 heteroatoms. The van der Waals surface area contributed by atoms with Crippen LogP contribution in [0.25, 0.3) is 0 Å². The second kappa shape index (κ2) is 3.72. The van der Waals surface area contributed by atoms with Crippen molar-refractivity contribution in [3.05, 3.63) is 0 Å². The molecule has 1 saturated heterocycles. The summed E-state index contributed by atoms with van der Waals surface area (Å²) < 4.78 is 0. The van der Waals surface area contributed by atoms with Gasteiger partial charge in [-0.25, -0.2) is 4.79 Å². The van der Waals surface area contributed by atoms with Gasteiger partial charge in [0.2, 0.25) is 11.8 Å². The Morgan fingerprint density at radius 2 is 2.15 bits per heavy atom. The third-order valence-corrected chi connectivity index (χ3v) is 1.52. The second-order valence-electron chi connectivity index (χ2n) is 2.44. The Kier molecular flexibility index (Phi) is 2.65. The largest absolute Gasteiger partial charge is 0.331 e. The van der Waals surface area contributed by atoms with Crippen LogP contribution in [0.3, 0.4) is 0 Å². The molecule has 1 fully saturated rings. The standard InChI is InChI=1S/C8H8N2O3/c1-2-3-4-10-7(12)5-6(11)9-8(10)13/h4-5H2,1H3,(H,9,11,13). The van der Waals surface area contributed by atoms with Crippen LogP contribution in [0.2, 0.25) is 0 Å². The van der Waals surface area contributed by atoms with E-state index in [-0.39, 0.29) is 13.0 Å². The molecule has 5 nitrogen and oxygen atoms in total. The van der Waals surface area contributed by atoms with E-state index < -0.39 is 17.8 Å². The number of barbiturate groups is 1. The van der Waals surface area contributed by atoms with Crippen LogP contribution in [0.4, 0.5) is 4.79 Å². The molecule has 1 heterocycles. The number of nitrogens with one attached hydrogen (secondary N) is 1. The minimum absolute atomic E-state index is 0.0362. The fourth-order valence-corrected chi connectivity index (χ4v) is 0.895. The zero-order chi connectivity index (χ0) is 9.84. The molecule has 0 aliphatic carbocycles. The van der Waals surface area contributed by atoms with Crippen LogP contribution < -0.4 is 5.32 Å². The number of amides is 4. The van der Waals surface area contributed by atoms with Gasteiger partial charge in [-0.2, -0.15) is 0 Å². The summed E-state index contributed by atoms with van der Waals surface area (Å²) >= 11 is 0. The van der Waals surface area contributed by atoms with Crippen molar-refractivity contribution >= 4 is 17.8 Å². The molecule has 68 valence electrons. The normalized spacial score (nSPS) is 16.4. The maximum absolute atomic E-state index is 11.1. The predicted molar refractivity (Wildman–Crippen MR) is 43.3 cm³/mol. The highest BCUT2D eigenvalue weighted by Crippen LogP contribution is 2.01. The maximum Gasteiger partial charge on any atom is 0.331 e. The molecule has 13 heavy (non-hydrogen) atoms. The topological polar surface area (TPSA) is 66.5 Å². The average Bonchev–Trinajstić information content (AvgIpc) is 2.02. The zero-order valence-electron chi connectivity index (χ0n) is 7.09. The lowest BCUT2D eigenvalue weighted by atomic mass is 10.3. The Morgan fingerprint density at radius 3 is 2.69 bits per heavy atom. The SMILES string of the molecule is CC#CCN1C(=O)CC(=O)NC1=O. The molecule has 0 aromatic carbocycles.